The maximum absolute atomic E-state index is 13.4. The van der Waals surface area contributed by atoms with Crippen LogP contribution in [0, 0.1) is 0 Å². The first-order valence-electron chi connectivity index (χ1n) is 11.3. The van der Waals surface area contributed by atoms with Crippen LogP contribution in [0.25, 0.3) is 0 Å². The lowest BCUT2D eigenvalue weighted by atomic mass is 10.1. The number of nitrogens with zero attached hydrogens (tertiary/aromatic N) is 1. The van der Waals surface area contributed by atoms with Crippen molar-refractivity contribution < 1.29 is 19.1 Å². The molecule has 2 aromatic rings. The van der Waals surface area contributed by atoms with Crippen LogP contribution in [0.5, 0.6) is 11.5 Å². The van der Waals surface area contributed by atoms with Gasteiger partial charge in [-0.1, -0.05) is 49.2 Å². The van der Waals surface area contributed by atoms with Crippen molar-refractivity contribution in [3.05, 3.63) is 57.6 Å². The molecule has 0 unspecified atom stereocenters. The number of hydrogen-bond donors (Lipinski definition) is 1. The average Bonchev–Trinajstić information content (AvgIpc) is 2.82. The van der Waals surface area contributed by atoms with Crippen molar-refractivity contribution in [2.24, 2.45) is 0 Å². The standard InChI is InChI=1S/C25H30Cl2N2O4/c1-3-11-28-25(31)21(4-2)29(16-18-7-8-19(26)15-20(18)27)24(30)10-6-17-5-9-22-23(14-17)33-13-12-32-22/h5,7-9,14-15,21H,3-4,6,10-13,16H2,1-2H3,(H,28,31)/t21-/m1/s1. The summed E-state index contributed by atoms with van der Waals surface area (Å²) in [6.07, 6.45) is 2.09. The van der Waals surface area contributed by atoms with E-state index in [4.69, 9.17) is 32.7 Å². The molecule has 1 heterocycles. The quantitative estimate of drug-likeness (QED) is 0.504. The van der Waals surface area contributed by atoms with Crippen LogP contribution in [0.3, 0.4) is 0 Å². The normalized spacial score (nSPS) is 13.3. The highest BCUT2D eigenvalue weighted by Gasteiger charge is 2.29. The first-order valence-corrected chi connectivity index (χ1v) is 12.1. The molecule has 2 aromatic carbocycles. The van der Waals surface area contributed by atoms with Gasteiger partial charge in [-0.25, -0.2) is 0 Å². The summed E-state index contributed by atoms with van der Waals surface area (Å²) in [5.41, 5.74) is 1.72. The maximum atomic E-state index is 13.4. The number of nitrogens with one attached hydrogen (secondary N) is 1. The molecule has 1 atom stereocenters. The molecule has 8 heteroatoms. The third-order valence-electron chi connectivity index (χ3n) is 5.53. The lowest BCUT2D eigenvalue weighted by Gasteiger charge is -2.31. The second kappa shape index (κ2) is 12.1. The minimum absolute atomic E-state index is 0.116. The van der Waals surface area contributed by atoms with Crippen LogP contribution >= 0.6 is 23.2 Å². The molecular weight excluding hydrogens is 463 g/mol. The van der Waals surface area contributed by atoms with Gasteiger partial charge in [-0.3, -0.25) is 9.59 Å². The zero-order valence-electron chi connectivity index (χ0n) is 19.0. The van der Waals surface area contributed by atoms with E-state index in [-0.39, 0.29) is 24.8 Å². The second-order valence-electron chi connectivity index (χ2n) is 7.95. The van der Waals surface area contributed by atoms with Gasteiger partial charge < -0.3 is 19.7 Å². The molecule has 1 aliphatic rings. The summed E-state index contributed by atoms with van der Waals surface area (Å²) in [4.78, 5) is 27.9. The fraction of sp³-hybridized carbons (Fsp3) is 0.440. The smallest absolute Gasteiger partial charge is 0.242 e. The van der Waals surface area contributed by atoms with Gasteiger partial charge in [-0.15, -0.1) is 0 Å². The van der Waals surface area contributed by atoms with Gasteiger partial charge in [0.15, 0.2) is 11.5 Å². The Morgan fingerprint density at radius 1 is 1.06 bits per heavy atom. The van der Waals surface area contributed by atoms with Crippen molar-refractivity contribution in [3.63, 3.8) is 0 Å². The molecular formula is C25H30Cl2N2O4. The number of fused-ring (bicyclic) bond motifs is 1. The van der Waals surface area contributed by atoms with E-state index in [1.54, 1.807) is 23.1 Å². The molecule has 0 radical (unpaired) electrons. The number of amides is 2. The molecule has 178 valence electrons. The van der Waals surface area contributed by atoms with Crippen LogP contribution in [0.4, 0.5) is 0 Å². The lowest BCUT2D eigenvalue weighted by Crippen LogP contribution is -2.49. The Bertz CT molecular complexity index is 983. The lowest BCUT2D eigenvalue weighted by molar-refractivity contribution is -0.141. The summed E-state index contributed by atoms with van der Waals surface area (Å²) >= 11 is 12.4. The molecule has 6 nitrogen and oxygen atoms in total. The number of rotatable bonds is 10. The number of halogens is 2. The zero-order chi connectivity index (χ0) is 23.8. The molecule has 0 saturated carbocycles. The molecule has 1 aliphatic heterocycles. The van der Waals surface area contributed by atoms with Crippen molar-refractivity contribution in [2.75, 3.05) is 19.8 Å². The van der Waals surface area contributed by atoms with Gasteiger partial charge in [-0.2, -0.15) is 0 Å². The predicted molar refractivity (Wildman–Crippen MR) is 130 cm³/mol. The summed E-state index contributed by atoms with van der Waals surface area (Å²) in [5.74, 6) is 1.14. The minimum Gasteiger partial charge on any atom is -0.486 e. The van der Waals surface area contributed by atoms with Crippen molar-refractivity contribution in [1.82, 2.24) is 10.2 Å². The van der Waals surface area contributed by atoms with E-state index in [1.165, 1.54) is 0 Å². The van der Waals surface area contributed by atoms with E-state index in [0.717, 1.165) is 17.5 Å². The second-order valence-corrected chi connectivity index (χ2v) is 8.79. The first kappa shape index (κ1) is 25.2. The fourth-order valence-corrected chi connectivity index (χ4v) is 4.23. The molecule has 33 heavy (non-hydrogen) atoms. The Morgan fingerprint density at radius 3 is 2.52 bits per heavy atom. The van der Waals surface area contributed by atoms with Gasteiger partial charge in [0, 0.05) is 29.6 Å². The van der Waals surface area contributed by atoms with E-state index in [1.807, 2.05) is 32.0 Å². The molecule has 2 amide bonds. The summed E-state index contributed by atoms with van der Waals surface area (Å²) < 4.78 is 11.2. The number of benzene rings is 2. The molecule has 0 fully saturated rings. The molecule has 0 aromatic heterocycles. The average molecular weight is 493 g/mol. The van der Waals surface area contributed by atoms with E-state index < -0.39 is 6.04 Å². The third-order valence-corrected chi connectivity index (χ3v) is 6.11. The predicted octanol–water partition coefficient (Wildman–Crippen LogP) is 5.03. The number of carbonyl (C=O) groups excluding carboxylic acids is 2. The highest BCUT2D eigenvalue weighted by molar-refractivity contribution is 6.35. The Labute approximate surface area is 205 Å². The molecule has 1 N–H and O–H groups in total. The van der Waals surface area contributed by atoms with Crippen LogP contribution in [0.1, 0.15) is 44.2 Å². The third kappa shape index (κ3) is 6.78. The van der Waals surface area contributed by atoms with Crippen molar-refractivity contribution in [2.45, 2.75) is 52.1 Å². The summed E-state index contributed by atoms with van der Waals surface area (Å²) in [6, 6.07) is 10.3. The first-order chi connectivity index (χ1) is 15.9. The maximum Gasteiger partial charge on any atom is 0.242 e. The van der Waals surface area contributed by atoms with Crippen molar-refractivity contribution >= 4 is 35.0 Å². The summed E-state index contributed by atoms with van der Waals surface area (Å²) in [5, 5.41) is 3.91. The zero-order valence-corrected chi connectivity index (χ0v) is 20.5. The number of carbonyl (C=O) groups is 2. The van der Waals surface area contributed by atoms with Crippen molar-refractivity contribution in [1.29, 1.82) is 0 Å². The Kier molecular flexibility index (Phi) is 9.27. The Balaban J connectivity index is 1.77. The van der Waals surface area contributed by atoms with Gasteiger partial charge >= 0.3 is 0 Å². The molecule has 0 bridgehead atoms. The number of aryl methyl sites for hydroxylation is 1. The molecule has 0 spiro atoms. The fourth-order valence-electron chi connectivity index (χ4n) is 3.76. The van der Waals surface area contributed by atoms with Gasteiger partial charge in [0.05, 0.1) is 0 Å². The Hall–Kier alpha value is -2.44. The highest BCUT2D eigenvalue weighted by atomic mass is 35.5. The van der Waals surface area contributed by atoms with Gasteiger partial charge in [0.1, 0.15) is 19.3 Å². The van der Waals surface area contributed by atoms with Crippen LogP contribution in [0.15, 0.2) is 36.4 Å². The van der Waals surface area contributed by atoms with E-state index in [0.29, 0.717) is 54.1 Å². The van der Waals surface area contributed by atoms with E-state index >= 15 is 0 Å². The Morgan fingerprint density at radius 2 is 1.82 bits per heavy atom. The van der Waals surface area contributed by atoms with Crippen LogP contribution in [0.2, 0.25) is 10.0 Å². The molecule has 0 aliphatic carbocycles. The highest BCUT2D eigenvalue weighted by Crippen LogP contribution is 2.31. The summed E-state index contributed by atoms with van der Waals surface area (Å²) in [7, 11) is 0. The summed E-state index contributed by atoms with van der Waals surface area (Å²) in [6.45, 7) is 5.73. The largest absolute Gasteiger partial charge is 0.486 e. The number of hydrogen-bond acceptors (Lipinski definition) is 4. The molecule has 0 saturated heterocycles. The SMILES string of the molecule is CCCNC(=O)[C@@H](CC)N(Cc1ccc(Cl)cc1Cl)C(=O)CCc1ccc2c(c1)OCCO2. The molecule has 3 rings (SSSR count). The number of ether oxygens (including phenoxy) is 2. The van der Waals surface area contributed by atoms with Crippen LogP contribution in [-0.4, -0.2) is 42.5 Å². The van der Waals surface area contributed by atoms with Gasteiger partial charge in [0.2, 0.25) is 11.8 Å². The van der Waals surface area contributed by atoms with E-state index in [2.05, 4.69) is 5.32 Å². The van der Waals surface area contributed by atoms with Crippen LogP contribution in [-0.2, 0) is 22.6 Å². The van der Waals surface area contributed by atoms with Gasteiger partial charge in [0.25, 0.3) is 0 Å². The van der Waals surface area contributed by atoms with E-state index in [9.17, 15) is 9.59 Å². The van der Waals surface area contributed by atoms with Crippen LogP contribution < -0.4 is 14.8 Å². The van der Waals surface area contributed by atoms with Crippen molar-refractivity contribution in [3.8, 4) is 11.5 Å². The monoisotopic (exact) mass is 492 g/mol. The topological polar surface area (TPSA) is 67.9 Å². The van der Waals surface area contributed by atoms with Gasteiger partial charge in [-0.05, 0) is 54.7 Å². The minimum atomic E-state index is -0.587.